The molecular formula is C9H8BrN3OS. The smallest absolute Gasteiger partial charge is 0.247 e. The lowest BCUT2D eigenvalue weighted by molar-refractivity contribution is 0.348. The molecule has 0 saturated heterocycles. The van der Waals surface area contributed by atoms with E-state index >= 15 is 0 Å². The Morgan fingerprint density at radius 3 is 2.93 bits per heavy atom. The SMILES string of the molecule is NC1(c2nc(-c3cc(Br)cs3)no2)CC1. The summed E-state index contributed by atoms with van der Waals surface area (Å²) in [5.74, 6) is 1.18. The summed E-state index contributed by atoms with van der Waals surface area (Å²) in [6.07, 6.45) is 1.87. The predicted octanol–water partition coefficient (Wildman–Crippen LogP) is 2.51. The van der Waals surface area contributed by atoms with E-state index in [1.165, 1.54) is 0 Å². The highest BCUT2D eigenvalue weighted by Gasteiger charge is 2.45. The Balaban J connectivity index is 1.97. The molecule has 0 radical (unpaired) electrons. The normalized spacial score (nSPS) is 18.0. The van der Waals surface area contributed by atoms with Crippen LogP contribution in [-0.4, -0.2) is 10.1 Å². The average molecular weight is 286 g/mol. The molecule has 78 valence electrons. The molecular weight excluding hydrogens is 278 g/mol. The van der Waals surface area contributed by atoms with Gasteiger partial charge in [0.2, 0.25) is 11.7 Å². The number of halogens is 1. The van der Waals surface area contributed by atoms with Crippen molar-refractivity contribution in [3.63, 3.8) is 0 Å². The first-order valence-corrected chi connectivity index (χ1v) is 6.22. The molecule has 2 aromatic heterocycles. The van der Waals surface area contributed by atoms with Crippen molar-refractivity contribution in [2.75, 3.05) is 0 Å². The van der Waals surface area contributed by atoms with Crippen LogP contribution in [0.3, 0.4) is 0 Å². The molecule has 2 N–H and O–H groups in total. The fraction of sp³-hybridized carbons (Fsp3) is 0.333. The van der Waals surface area contributed by atoms with E-state index in [9.17, 15) is 0 Å². The third-order valence-electron chi connectivity index (χ3n) is 2.43. The van der Waals surface area contributed by atoms with Gasteiger partial charge in [-0.15, -0.1) is 11.3 Å². The Labute approximate surface area is 98.6 Å². The number of hydrogen-bond acceptors (Lipinski definition) is 5. The number of rotatable bonds is 2. The second-order valence-corrected chi connectivity index (χ2v) is 5.54. The van der Waals surface area contributed by atoms with Gasteiger partial charge in [0.25, 0.3) is 0 Å². The second kappa shape index (κ2) is 3.13. The van der Waals surface area contributed by atoms with Crippen LogP contribution in [0.15, 0.2) is 20.4 Å². The Bertz CT molecular complexity index is 503. The quantitative estimate of drug-likeness (QED) is 0.921. The van der Waals surface area contributed by atoms with Crippen LogP contribution in [0.4, 0.5) is 0 Å². The van der Waals surface area contributed by atoms with Crippen LogP contribution in [0.5, 0.6) is 0 Å². The monoisotopic (exact) mass is 285 g/mol. The molecule has 0 atom stereocenters. The van der Waals surface area contributed by atoms with Gasteiger partial charge < -0.3 is 10.3 Å². The minimum Gasteiger partial charge on any atom is -0.337 e. The average Bonchev–Trinajstić information content (AvgIpc) is 2.72. The molecule has 1 fully saturated rings. The van der Waals surface area contributed by atoms with Crippen molar-refractivity contribution in [2.24, 2.45) is 5.73 Å². The molecule has 0 amide bonds. The number of nitrogens with two attached hydrogens (primary N) is 1. The first-order valence-electron chi connectivity index (χ1n) is 4.55. The van der Waals surface area contributed by atoms with Crippen molar-refractivity contribution in [1.82, 2.24) is 10.1 Å². The van der Waals surface area contributed by atoms with Crippen LogP contribution in [0.1, 0.15) is 18.7 Å². The van der Waals surface area contributed by atoms with Gasteiger partial charge >= 0.3 is 0 Å². The summed E-state index contributed by atoms with van der Waals surface area (Å²) < 4.78 is 6.19. The summed E-state index contributed by atoms with van der Waals surface area (Å²) in [6.45, 7) is 0. The highest BCUT2D eigenvalue weighted by molar-refractivity contribution is 9.10. The van der Waals surface area contributed by atoms with Gasteiger partial charge in [0.15, 0.2) is 0 Å². The molecule has 4 nitrogen and oxygen atoms in total. The van der Waals surface area contributed by atoms with Gasteiger partial charge in [0.05, 0.1) is 10.4 Å². The topological polar surface area (TPSA) is 64.9 Å². The lowest BCUT2D eigenvalue weighted by Gasteiger charge is -1.97. The molecule has 0 aliphatic heterocycles. The van der Waals surface area contributed by atoms with Gasteiger partial charge in [0.1, 0.15) is 0 Å². The molecule has 1 aliphatic rings. The molecule has 1 saturated carbocycles. The van der Waals surface area contributed by atoms with Gasteiger partial charge in [-0.25, -0.2) is 0 Å². The van der Waals surface area contributed by atoms with Crippen molar-refractivity contribution in [3.8, 4) is 10.7 Å². The second-order valence-electron chi connectivity index (χ2n) is 3.71. The number of aromatic nitrogens is 2. The molecule has 1 aliphatic carbocycles. The predicted molar refractivity (Wildman–Crippen MR) is 60.4 cm³/mol. The first-order chi connectivity index (χ1) is 7.17. The van der Waals surface area contributed by atoms with E-state index in [-0.39, 0.29) is 5.54 Å². The summed E-state index contributed by atoms with van der Waals surface area (Å²) in [5.41, 5.74) is 5.61. The molecule has 3 rings (SSSR count). The maximum absolute atomic E-state index is 5.96. The number of thiophene rings is 1. The summed E-state index contributed by atoms with van der Waals surface area (Å²) in [4.78, 5) is 5.30. The van der Waals surface area contributed by atoms with E-state index in [0.717, 1.165) is 22.2 Å². The lowest BCUT2D eigenvalue weighted by Crippen LogP contribution is -2.18. The Kier molecular flexibility index (Phi) is 1.99. The van der Waals surface area contributed by atoms with E-state index in [0.29, 0.717) is 11.7 Å². The van der Waals surface area contributed by atoms with Crippen LogP contribution in [-0.2, 0) is 5.54 Å². The van der Waals surface area contributed by atoms with Gasteiger partial charge in [-0.1, -0.05) is 5.16 Å². The van der Waals surface area contributed by atoms with Gasteiger partial charge in [0, 0.05) is 9.85 Å². The number of nitrogens with zero attached hydrogens (tertiary/aromatic N) is 2. The molecule has 6 heteroatoms. The third kappa shape index (κ3) is 1.62. The van der Waals surface area contributed by atoms with Crippen LogP contribution in [0.2, 0.25) is 0 Å². The minimum atomic E-state index is -0.347. The number of hydrogen-bond donors (Lipinski definition) is 1. The standard InChI is InChI=1S/C9H8BrN3OS/c10-5-3-6(15-4-5)7-12-8(14-13-7)9(11)1-2-9/h3-4H,1-2,11H2. The van der Waals surface area contributed by atoms with Crippen LogP contribution in [0, 0.1) is 0 Å². The molecule has 0 bridgehead atoms. The van der Waals surface area contributed by atoms with Crippen LogP contribution < -0.4 is 5.73 Å². The zero-order chi connectivity index (χ0) is 10.5. The molecule has 2 heterocycles. The third-order valence-corrected chi connectivity index (χ3v) is 4.12. The van der Waals surface area contributed by atoms with E-state index in [2.05, 4.69) is 26.1 Å². The zero-order valence-corrected chi connectivity index (χ0v) is 10.1. The fourth-order valence-corrected chi connectivity index (χ4v) is 2.66. The molecule has 0 aromatic carbocycles. The maximum Gasteiger partial charge on any atom is 0.247 e. The summed E-state index contributed by atoms with van der Waals surface area (Å²) in [7, 11) is 0. The highest BCUT2D eigenvalue weighted by atomic mass is 79.9. The first kappa shape index (κ1) is 9.50. The summed E-state index contributed by atoms with van der Waals surface area (Å²) in [6, 6.07) is 1.97. The molecule has 15 heavy (non-hydrogen) atoms. The maximum atomic E-state index is 5.96. The van der Waals surface area contributed by atoms with E-state index in [1.807, 2.05) is 11.4 Å². The lowest BCUT2D eigenvalue weighted by atomic mass is 10.3. The van der Waals surface area contributed by atoms with Gasteiger partial charge in [-0.3, -0.25) is 0 Å². The van der Waals surface area contributed by atoms with Crippen LogP contribution in [0.25, 0.3) is 10.7 Å². The Morgan fingerprint density at radius 2 is 2.33 bits per heavy atom. The van der Waals surface area contributed by atoms with Crippen molar-refractivity contribution >= 4 is 27.3 Å². The van der Waals surface area contributed by atoms with Crippen molar-refractivity contribution in [1.29, 1.82) is 0 Å². The van der Waals surface area contributed by atoms with Gasteiger partial charge in [-0.2, -0.15) is 4.98 Å². The molecule has 0 spiro atoms. The van der Waals surface area contributed by atoms with Crippen molar-refractivity contribution in [2.45, 2.75) is 18.4 Å². The van der Waals surface area contributed by atoms with E-state index < -0.39 is 0 Å². The highest BCUT2D eigenvalue weighted by Crippen LogP contribution is 2.42. The van der Waals surface area contributed by atoms with Gasteiger partial charge in [-0.05, 0) is 34.8 Å². The Morgan fingerprint density at radius 1 is 1.53 bits per heavy atom. The Hall–Kier alpha value is -0.720. The zero-order valence-electron chi connectivity index (χ0n) is 7.74. The van der Waals surface area contributed by atoms with E-state index in [4.69, 9.17) is 10.3 Å². The van der Waals surface area contributed by atoms with E-state index in [1.54, 1.807) is 11.3 Å². The largest absolute Gasteiger partial charge is 0.337 e. The fourth-order valence-electron chi connectivity index (χ4n) is 1.30. The summed E-state index contributed by atoms with van der Waals surface area (Å²) >= 11 is 4.96. The van der Waals surface area contributed by atoms with Crippen molar-refractivity contribution < 1.29 is 4.52 Å². The minimum absolute atomic E-state index is 0.347. The molecule has 0 unspecified atom stereocenters. The van der Waals surface area contributed by atoms with Crippen LogP contribution >= 0.6 is 27.3 Å². The molecule has 2 aromatic rings. The summed E-state index contributed by atoms with van der Waals surface area (Å²) in [5, 5.41) is 5.92. The van der Waals surface area contributed by atoms with Crippen molar-refractivity contribution in [3.05, 3.63) is 21.8 Å².